The van der Waals surface area contributed by atoms with Gasteiger partial charge in [-0.05, 0) is 31.2 Å². The highest BCUT2D eigenvalue weighted by Crippen LogP contribution is 2.18. The number of halogens is 1. The number of rotatable bonds is 3. The molecule has 0 aliphatic rings. The lowest BCUT2D eigenvalue weighted by Crippen LogP contribution is -1.99. The predicted molar refractivity (Wildman–Crippen MR) is 60.0 cm³/mol. The number of nitrogens with one attached hydrogen (secondary N) is 1. The number of nitrogens with zero attached hydrogens (tertiary/aromatic N) is 1. The second-order valence-electron chi connectivity index (χ2n) is 3.21. The minimum Gasteiger partial charge on any atom is -0.465 e. The number of furan rings is 1. The Morgan fingerprint density at radius 2 is 2.27 bits per heavy atom. The molecule has 4 heteroatoms. The molecule has 3 nitrogen and oxygen atoms in total. The van der Waals surface area contributed by atoms with Gasteiger partial charge < -0.3 is 9.73 Å². The fourth-order valence-electron chi connectivity index (χ4n) is 1.28. The van der Waals surface area contributed by atoms with Crippen LogP contribution in [0.3, 0.4) is 0 Å². The highest BCUT2D eigenvalue weighted by atomic mass is 35.5. The van der Waals surface area contributed by atoms with E-state index in [2.05, 4.69) is 10.3 Å². The smallest absolute Gasteiger partial charge is 0.152 e. The van der Waals surface area contributed by atoms with Gasteiger partial charge in [0.1, 0.15) is 11.5 Å². The van der Waals surface area contributed by atoms with Crippen molar-refractivity contribution >= 4 is 17.3 Å². The Hall–Kier alpha value is -1.48. The Labute approximate surface area is 93.1 Å². The first-order valence-corrected chi connectivity index (χ1v) is 5.03. The molecule has 15 heavy (non-hydrogen) atoms. The quantitative estimate of drug-likeness (QED) is 0.811. The maximum atomic E-state index is 5.89. The zero-order valence-electron chi connectivity index (χ0n) is 8.33. The van der Waals surface area contributed by atoms with Crippen LogP contribution in [0.1, 0.15) is 11.5 Å². The summed E-state index contributed by atoms with van der Waals surface area (Å²) >= 11 is 5.89. The number of aromatic nitrogens is 1. The van der Waals surface area contributed by atoms with Crippen molar-refractivity contribution in [1.82, 2.24) is 4.98 Å². The maximum absolute atomic E-state index is 5.89. The Kier molecular flexibility index (Phi) is 2.92. The van der Waals surface area contributed by atoms with Gasteiger partial charge >= 0.3 is 0 Å². The van der Waals surface area contributed by atoms with Crippen molar-refractivity contribution in [2.45, 2.75) is 13.5 Å². The Morgan fingerprint density at radius 3 is 2.93 bits per heavy atom. The van der Waals surface area contributed by atoms with Gasteiger partial charge in [0.25, 0.3) is 0 Å². The van der Waals surface area contributed by atoms with E-state index in [-0.39, 0.29) is 0 Å². The van der Waals surface area contributed by atoms with E-state index in [0.717, 1.165) is 17.2 Å². The number of hydrogen-bond donors (Lipinski definition) is 1. The Balaban J connectivity index is 2.02. The van der Waals surface area contributed by atoms with Crippen molar-refractivity contribution in [3.63, 3.8) is 0 Å². The molecule has 0 fully saturated rings. The SMILES string of the molecule is Cc1ccc(CNc2cccnc2Cl)o1. The minimum atomic E-state index is 0.473. The van der Waals surface area contributed by atoms with Crippen molar-refractivity contribution in [3.05, 3.63) is 47.1 Å². The highest BCUT2D eigenvalue weighted by molar-refractivity contribution is 6.31. The van der Waals surface area contributed by atoms with Crippen molar-refractivity contribution in [3.8, 4) is 0 Å². The Morgan fingerprint density at radius 1 is 1.40 bits per heavy atom. The van der Waals surface area contributed by atoms with Crippen LogP contribution < -0.4 is 5.32 Å². The third kappa shape index (κ3) is 2.50. The lowest BCUT2D eigenvalue weighted by molar-refractivity contribution is 0.490. The molecule has 0 saturated carbocycles. The van der Waals surface area contributed by atoms with Gasteiger partial charge in [-0.25, -0.2) is 4.98 Å². The first kappa shape index (κ1) is 10.1. The molecular weight excluding hydrogens is 212 g/mol. The van der Waals surface area contributed by atoms with E-state index in [0.29, 0.717) is 11.7 Å². The zero-order valence-corrected chi connectivity index (χ0v) is 9.08. The van der Waals surface area contributed by atoms with Gasteiger partial charge in [0, 0.05) is 6.20 Å². The number of hydrogen-bond acceptors (Lipinski definition) is 3. The third-order valence-corrected chi connectivity index (χ3v) is 2.31. The van der Waals surface area contributed by atoms with Crippen LogP contribution in [0.2, 0.25) is 5.15 Å². The molecule has 2 heterocycles. The average molecular weight is 223 g/mol. The largest absolute Gasteiger partial charge is 0.465 e. The third-order valence-electron chi connectivity index (χ3n) is 2.01. The fraction of sp³-hybridized carbons (Fsp3) is 0.182. The molecule has 0 radical (unpaired) electrons. The maximum Gasteiger partial charge on any atom is 0.152 e. The van der Waals surface area contributed by atoms with Gasteiger partial charge in [-0.3, -0.25) is 0 Å². The van der Waals surface area contributed by atoms with Crippen LogP contribution in [0.4, 0.5) is 5.69 Å². The van der Waals surface area contributed by atoms with E-state index in [1.807, 2.05) is 31.2 Å². The number of aryl methyl sites for hydroxylation is 1. The molecule has 0 bridgehead atoms. The Bertz CT molecular complexity index is 453. The minimum absolute atomic E-state index is 0.473. The van der Waals surface area contributed by atoms with Crippen molar-refractivity contribution in [1.29, 1.82) is 0 Å². The van der Waals surface area contributed by atoms with Gasteiger partial charge in [0.2, 0.25) is 0 Å². The van der Waals surface area contributed by atoms with Crippen LogP contribution >= 0.6 is 11.6 Å². The lowest BCUT2D eigenvalue weighted by atomic mass is 10.4. The van der Waals surface area contributed by atoms with Gasteiger partial charge in [0.05, 0.1) is 12.2 Å². The summed E-state index contributed by atoms with van der Waals surface area (Å²) < 4.78 is 5.42. The van der Waals surface area contributed by atoms with Gasteiger partial charge in [-0.15, -0.1) is 0 Å². The summed E-state index contributed by atoms with van der Waals surface area (Å²) in [4.78, 5) is 3.97. The van der Waals surface area contributed by atoms with Crippen LogP contribution in [0.15, 0.2) is 34.9 Å². The number of pyridine rings is 1. The molecule has 0 aliphatic carbocycles. The van der Waals surface area contributed by atoms with Crippen molar-refractivity contribution in [2.75, 3.05) is 5.32 Å². The second kappa shape index (κ2) is 4.36. The molecule has 2 aromatic heterocycles. The van der Waals surface area contributed by atoms with E-state index in [4.69, 9.17) is 16.0 Å². The summed E-state index contributed by atoms with van der Waals surface area (Å²) in [6, 6.07) is 7.58. The van der Waals surface area contributed by atoms with Crippen LogP contribution in [0.25, 0.3) is 0 Å². The molecule has 1 N–H and O–H groups in total. The van der Waals surface area contributed by atoms with Crippen LogP contribution in [-0.4, -0.2) is 4.98 Å². The summed E-state index contributed by atoms with van der Waals surface area (Å²) in [5.41, 5.74) is 0.813. The first-order chi connectivity index (χ1) is 7.25. The first-order valence-electron chi connectivity index (χ1n) is 4.65. The fourth-order valence-corrected chi connectivity index (χ4v) is 1.47. The number of anilines is 1. The van der Waals surface area contributed by atoms with Gasteiger partial charge in [-0.1, -0.05) is 11.6 Å². The average Bonchev–Trinajstić information content (AvgIpc) is 2.63. The molecule has 0 atom stereocenters. The highest BCUT2D eigenvalue weighted by Gasteiger charge is 2.01. The molecule has 0 amide bonds. The van der Waals surface area contributed by atoms with Crippen LogP contribution in [0, 0.1) is 6.92 Å². The molecule has 2 rings (SSSR count). The molecule has 0 aromatic carbocycles. The van der Waals surface area contributed by atoms with Crippen molar-refractivity contribution < 1.29 is 4.42 Å². The molecule has 0 saturated heterocycles. The van der Waals surface area contributed by atoms with Crippen molar-refractivity contribution in [2.24, 2.45) is 0 Å². The van der Waals surface area contributed by atoms with E-state index in [9.17, 15) is 0 Å². The summed E-state index contributed by atoms with van der Waals surface area (Å²) in [5.74, 6) is 1.79. The summed E-state index contributed by atoms with van der Waals surface area (Å²) in [6.45, 7) is 2.53. The molecule has 0 unspecified atom stereocenters. The molecule has 0 spiro atoms. The predicted octanol–water partition coefficient (Wildman–Crippen LogP) is 3.25. The summed E-state index contributed by atoms with van der Waals surface area (Å²) in [5, 5.41) is 3.63. The summed E-state index contributed by atoms with van der Waals surface area (Å²) in [7, 11) is 0. The van der Waals surface area contributed by atoms with Gasteiger partial charge in [-0.2, -0.15) is 0 Å². The van der Waals surface area contributed by atoms with E-state index < -0.39 is 0 Å². The molecule has 78 valence electrons. The van der Waals surface area contributed by atoms with E-state index >= 15 is 0 Å². The van der Waals surface area contributed by atoms with E-state index in [1.54, 1.807) is 6.20 Å². The monoisotopic (exact) mass is 222 g/mol. The standard InChI is InChI=1S/C11H11ClN2O/c1-8-4-5-9(15-8)7-14-10-3-2-6-13-11(10)12/h2-6,14H,7H2,1H3. The normalized spacial score (nSPS) is 10.3. The van der Waals surface area contributed by atoms with Crippen LogP contribution in [-0.2, 0) is 6.54 Å². The molecule has 2 aromatic rings. The van der Waals surface area contributed by atoms with Gasteiger partial charge in [0.15, 0.2) is 5.15 Å². The second-order valence-corrected chi connectivity index (χ2v) is 3.57. The van der Waals surface area contributed by atoms with Crippen LogP contribution in [0.5, 0.6) is 0 Å². The molecular formula is C11H11ClN2O. The summed E-state index contributed by atoms with van der Waals surface area (Å²) in [6.07, 6.45) is 1.66. The van der Waals surface area contributed by atoms with E-state index in [1.165, 1.54) is 0 Å². The topological polar surface area (TPSA) is 38.1 Å². The lowest BCUT2D eigenvalue weighted by Gasteiger charge is -2.04. The zero-order chi connectivity index (χ0) is 10.7. The molecule has 0 aliphatic heterocycles.